The molecule has 2 fully saturated rings. The highest BCUT2D eigenvalue weighted by molar-refractivity contribution is 7.34. The summed E-state index contributed by atoms with van der Waals surface area (Å²) < 4.78 is 20.6. The third-order valence-electron chi connectivity index (χ3n) is 3.64. The van der Waals surface area contributed by atoms with Crippen molar-refractivity contribution in [3.05, 3.63) is 0 Å². The molecular formula is C12H22N4O5P+. The molecule has 0 bridgehead atoms. The van der Waals surface area contributed by atoms with Crippen LogP contribution in [0.5, 0.6) is 0 Å². The van der Waals surface area contributed by atoms with E-state index in [0.29, 0.717) is 0 Å². The van der Waals surface area contributed by atoms with Crippen LogP contribution in [0.25, 0.3) is 0 Å². The maximum Gasteiger partial charge on any atom is 0.815 e. The number of piperidine rings is 2. The van der Waals surface area contributed by atoms with Gasteiger partial charge in [-0.15, -0.1) is 0 Å². The summed E-state index contributed by atoms with van der Waals surface area (Å²) >= 11 is 0. The minimum atomic E-state index is -2.82. The largest absolute Gasteiger partial charge is 0.815 e. The van der Waals surface area contributed by atoms with E-state index < -0.39 is 20.4 Å². The van der Waals surface area contributed by atoms with E-state index in [1.807, 2.05) is 0 Å². The van der Waals surface area contributed by atoms with Gasteiger partial charge in [0.1, 0.15) is 0 Å². The van der Waals surface area contributed by atoms with Gasteiger partial charge in [0.25, 0.3) is 0 Å². The Labute approximate surface area is 129 Å². The van der Waals surface area contributed by atoms with Crippen LogP contribution in [0, 0.1) is 0 Å². The van der Waals surface area contributed by atoms with Crippen LogP contribution in [-0.2, 0) is 13.6 Å². The molecule has 2 amide bonds. The van der Waals surface area contributed by atoms with Gasteiger partial charge < -0.3 is 21.3 Å². The van der Waals surface area contributed by atoms with E-state index in [-0.39, 0.29) is 12.1 Å². The second kappa shape index (κ2) is 8.87. The van der Waals surface area contributed by atoms with Crippen LogP contribution in [0.3, 0.4) is 0 Å². The number of carbonyl (C=O) groups excluding carboxylic acids is 2. The van der Waals surface area contributed by atoms with Crippen LogP contribution >= 0.6 is 8.25 Å². The van der Waals surface area contributed by atoms with Gasteiger partial charge in [-0.1, -0.05) is 0 Å². The summed E-state index contributed by atoms with van der Waals surface area (Å²) in [6.07, 6.45) is 1.46. The molecule has 0 aromatic heterocycles. The number of rotatable bonds is 4. The molecule has 124 valence electrons. The van der Waals surface area contributed by atoms with Gasteiger partial charge in [-0.25, -0.2) is 9.59 Å². The first kappa shape index (κ1) is 16.9. The zero-order valence-corrected chi connectivity index (χ0v) is 13.2. The minimum absolute atomic E-state index is 0.0132. The lowest BCUT2D eigenvalue weighted by molar-refractivity contribution is 0.174. The molecule has 0 aromatic carbocycles. The summed E-state index contributed by atoms with van der Waals surface area (Å²) in [5, 5.41) is 11.5. The van der Waals surface area contributed by atoms with Crippen molar-refractivity contribution in [3.8, 4) is 0 Å². The Morgan fingerprint density at radius 2 is 1.18 bits per heavy atom. The maximum atomic E-state index is 11.5. The van der Waals surface area contributed by atoms with Gasteiger partial charge in [0.15, 0.2) is 0 Å². The molecule has 2 heterocycles. The van der Waals surface area contributed by atoms with Crippen LogP contribution in [0.2, 0.25) is 0 Å². The predicted molar refractivity (Wildman–Crippen MR) is 78.6 cm³/mol. The molecule has 0 saturated carbocycles. The molecular weight excluding hydrogens is 311 g/mol. The van der Waals surface area contributed by atoms with Crippen LogP contribution in [0.1, 0.15) is 25.7 Å². The van der Waals surface area contributed by atoms with Gasteiger partial charge in [0, 0.05) is 16.6 Å². The first-order valence-electron chi connectivity index (χ1n) is 7.49. The van der Waals surface area contributed by atoms with Crippen molar-refractivity contribution < 1.29 is 23.2 Å². The maximum absolute atomic E-state index is 11.5. The van der Waals surface area contributed by atoms with Crippen LogP contribution in [-0.4, -0.2) is 50.4 Å². The monoisotopic (exact) mass is 333 g/mol. The van der Waals surface area contributed by atoms with Crippen molar-refractivity contribution in [2.24, 2.45) is 0 Å². The molecule has 0 aliphatic carbocycles. The summed E-state index contributed by atoms with van der Waals surface area (Å²) in [4.78, 5) is 23.1. The van der Waals surface area contributed by atoms with E-state index in [4.69, 9.17) is 0 Å². The van der Waals surface area contributed by atoms with Crippen LogP contribution in [0.15, 0.2) is 0 Å². The highest BCUT2D eigenvalue weighted by Gasteiger charge is 2.33. The average Bonchev–Trinajstić information content (AvgIpc) is 2.48. The average molecular weight is 333 g/mol. The highest BCUT2D eigenvalue weighted by atomic mass is 31.1. The van der Waals surface area contributed by atoms with Crippen molar-refractivity contribution in [1.29, 1.82) is 0 Å². The van der Waals surface area contributed by atoms with Gasteiger partial charge in [-0.3, -0.25) is 0 Å². The summed E-state index contributed by atoms with van der Waals surface area (Å²) in [6.45, 7) is 3.25. The number of amides is 2. The Hall–Kier alpha value is -1.44. The van der Waals surface area contributed by atoms with Crippen molar-refractivity contribution >= 4 is 20.4 Å². The van der Waals surface area contributed by atoms with Gasteiger partial charge in [0.05, 0.1) is 0 Å². The molecule has 22 heavy (non-hydrogen) atoms. The molecule has 0 atom stereocenters. The summed E-state index contributed by atoms with van der Waals surface area (Å²) in [6, 6.07) is -0.0265. The zero-order valence-electron chi connectivity index (χ0n) is 12.3. The van der Waals surface area contributed by atoms with Crippen LogP contribution < -0.4 is 21.3 Å². The highest BCUT2D eigenvalue weighted by Crippen LogP contribution is 2.24. The molecule has 10 heteroatoms. The quantitative estimate of drug-likeness (QED) is 0.556. The first-order valence-corrected chi connectivity index (χ1v) is 8.58. The van der Waals surface area contributed by atoms with Gasteiger partial charge in [-0.05, 0) is 51.9 Å². The molecule has 0 aromatic rings. The second-order valence-electron chi connectivity index (χ2n) is 5.32. The molecule has 9 nitrogen and oxygen atoms in total. The first-order chi connectivity index (χ1) is 10.6. The summed E-state index contributed by atoms with van der Waals surface area (Å²) in [7, 11) is -2.82. The SMILES string of the molecule is O=C(NC1CCNCC1)O[P+](=O)OC(=O)NC1CCNCC1. The number of nitrogens with one attached hydrogen (secondary N) is 4. The van der Waals surface area contributed by atoms with Gasteiger partial charge >= 0.3 is 20.4 Å². The van der Waals surface area contributed by atoms with Gasteiger partial charge in [0.2, 0.25) is 0 Å². The van der Waals surface area contributed by atoms with Crippen LogP contribution in [0.4, 0.5) is 9.59 Å². The number of hydrogen-bond acceptors (Lipinski definition) is 7. The van der Waals surface area contributed by atoms with Gasteiger partial charge in [-0.2, -0.15) is 9.05 Å². The van der Waals surface area contributed by atoms with Crippen molar-refractivity contribution in [3.63, 3.8) is 0 Å². The van der Waals surface area contributed by atoms with Crippen molar-refractivity contribution in [2.45, 2.75) is 37.8 Å². The standard InChI is InChI=1S/C12H21N4O5P/c17-11(15-9-1-5-13-6-2-9)20-22(19)21-12(18)16-10-3-7-14-8-4-10/h9-10,13-14H,1-8H2,(H-,15,16,17,18)/p+1. The molecule has 2 saturated heterocycles. The lowest BCUT2D eigenvalue weighted by atomic mass is 10.1. The normalized spacial score (nSPS) is 20.0. The molecule has 4 N–H and O–H groups in total. The van der Waals surface area contributed by atoms with Crippen molar-refractivity contribution in [2.75, 3.05) is 26.2 Å². The predicted octanol–water partition coefficient (Wildman–Crippen LogP) is 0.600. The van der Waals surface area contributed by atoms with Crippen molar-refractivity contribution in [1.82, 2.24) is 21.3 Å². The summed E-state index contributed by atoms with van der Waals surface area (Å²) in [5.41, 5.74) is 0. The Morgan fingerprint density at radius 3 is 1.55 bits per heavy atom. The molecule has 2 aliphatic rings. The Kier molecular flexibility index (Phi) is 6.82. The number of carbonyl (C=O) groups is 2. The van der Waals surface area contributed by atoms with E-state index in [9.17, 15) is 14.2 Å². The third kappa shape index (κ3) is 6.13. The lowest BCUT2D eigenvalue weighted by Gasteiger charge is -2.22. The lowest BCUT2D eigenvalue weighted by Crippen LogP contribution is -2.43. The van der Waals surface area contributed by atoms with E-state index in [1.165, 1.54) is 0 Å². The fourth-order valence-electron chi connectivity index (χ4n) is 2.47. The van der Waals surface area contributed by atoms with E-state index in [1.54, 1.807) is 0 Å². The molecule has 0 radical (unpaired) electrons. The zero-order chi connectivity index (χ0) is 15.8. The molecule has 0 unspecified atom stereocenters. The smallest absolute Gasteiger partial charge is 0.317 e. The second-order valence-corrected chi connectivity index (χ2v) is 6.13. The third-order valence-corrected chi connectivity index (χ3v) is 4.27. The molecule has 2 aliphatic heterocycles. The fourth-order valence-corrected chi connectivity index (χ4v) is 2.89. The Morgan fingerprint density at radius 1 is 0.818 bits per heavy atom. The summed E-state index contributed by atoms with van der Waals surface area (Å²) in [5.74, 6) is 0. The Bertz CT molecular complexity index is 374. The van der Waals surface area contributed by atoms with E-state index in [0.717, 1.165) is 51.9 Å². The topological polar surface area (TPSA) is 118 Å². The minimum Gasteiger partial charge on any atom is -0.317 e. The van der Waals surface area contributed by atoms with E-state index in [2.05, 4.69) is 30.3 Å². The molecule has 0 spiro atoms. The van der Waals surface area contributed by atoms with E-state index >= 15 is 0 Å². The fraction of sp³-hybridized carbons (Fsp3) is 0.833. The molecule has 2 rings (SSSR count). The number of hydrogen-bond donors (Lipinski definition) is 4. The Balaban J connectivity index is 1.63.